The second kappa shape index (κ2) is 6.43. The number of allylic oxidation sites excluding steroid dienone is 2. The first-order valence-corrected chi connectivity index (χ1v) is 9.28. The van der Waals surface area contributed by atoms with Crippen LogP contribution in [0, 0.1) is 5.92 Å². The molecule has 0 saturated heterocycles. The number of benzene rings is 2. The summed E-state index contributed by atoms with van der Waals surface area (Å²) in [7, 11) is 0. The number of carbonyl (C=O) groups is 1. The van der Waals surface area contributed by atoms with Crippen LogP contribution in [0.4, 0.5) is 0 Å². The van der Waals surface area contributed by atoms with Crippen molar-refractivity contribution in [1.29, 1.82) is 0 Å². The third-order valence-corrected chi connectivity index (χ3v) is 6.64. The molecule has 0 heterocycles. The van der Waals surface area contributed by atoms with Gasteiger partial charge < -0.3 is 0 Å². The minimum absolute atomic E-state index is 0.170. The summed E-state index contributed by atoms with van der Waals surface area (Å²) in [5, 5.41) is 1.07. The van der Waals surface area contributed by atoms with E-state index in [0.29, 0.717) is 20.7 Å². The summed E-state index contributed by atoms with van der Waals surface area (Å²) in [4.78, 5) is 11.8. The van der Waals surface area contributed by atoms with Gasteiger partial charge in [-0.25, -0.2) is 0 Å². The Hall–Kier alpha value is -1.63. The molecule has 0 bridgehead atoms. The van der Waals surface area contributed by atoms with Crippen LogP contribution < -0.4 is 0 Å². The summed E-state index contributed by atoms with van der Waals surface area (Å²) in [6.45, 7) is 1.73. The van der Waals surface area contributed by atoms with E-state index in [0.717, 1.165) is 11.7 Å². The first-order chi connectivity index (χ1) is 10.3. The molecule has 0 spiro atoms. The summed E-state index contributed by atoms with van der Waals surface area (Å²) in [6, 6.07) is 21.1. The van der Waals surface area contributed by atoms with Crippen LogP contribution in [0.3, 0.4) is 0 Å². The zero-order chi connectivity index (χ0) is 14.7. The van der Waals surface area contributed by atoms with Gasteiger partial charge in [-0.3, -0.25) is 0 Å². The van der Waals surface area contributed by atoms with Crippen LogP contribution in [-0.4, -0.2) is 20.7 Å². The molecule has 1 unspecified atom stereocenters. The third kappa shape index (κ3) is 3.18. The molecule has 0 N–H and O–H groups in total. The van der Waals surface area contributed by atoms with Crippen LogP contribution in [0.1, 0.15) is 24.5 Å². The molecule has 0 amide bonds. The van der Waals surface area contributed by atoms with Crippen molar-refractivity contribution < 1.29 is 4.79 Å². The van der Waals surface area contributed by atoms with E-state index in [-0.39, 0.29) is 5.92 Å². The van der Waals surface area contributed by atoms with Gasteiger partial charge in [-0.1, -0.05) is 0 Å². The summed E-state index contributed by atoms with van der Waals surface area (Å²) in [6.07, 6.45) is 0.922. The monoisotopic (exact) mass is 342 g/mol. The molecule has 0 aromatic heterocycles. The number of hydrogen-bond donors (Lipinski definition) is 0. The zero-order valence-corrected chi connectivity index (χ0v) is 13.8. The Morgan fingerprint density at radius 3 is 2.29 bits per heavy atom. The van der Waals surface area contributed by atoms with Gasteiger partial charge in [-0.15, -0.1) is 0 Å². The van der Waals surface area contributed by atoms with Gasteiger partial charge in [0.15, 0.2) is 0 Å². The summed E-state index contributed by atoms with van der Waals surface area (Å²) in [5.74, 6) is 0.489. The SMILES string of the molecule is CC(=O)C1CC(c2ccccc2)=C1[Se]Cc1ccccc1. The number of hydrogen-bond acceptors (Lipinski definition) is 1. The van der Waals surface area contributed by atoms with Crippen LogP contribution in [0.2, 0.25) is 0 Å². The quantitative estimate of drug-likeness (QED) is 0.754. The van der Waals surface area contributed by atoms with Crippen molar-refractivity contribution >= 4 is 26.3 Å². The van der Waals surface area contributed by atoms with Crippen LogP contribution >= 0.6 is 0 Å². The fraction of sp³-hybridized carbons (Fsp3) is 0.211. The average molecular weight is 341 g/mol. The number of ketones is 1. The van der Waals surface area contributed by atoms with Gasteiger partial charge in [0.05, 0.1) is 0 Å². The molecular weight excluding hydrogens is 323 g/mol. The van der Waals surface area contributed by atoms with Crippen molar-refractivity contribution in [2.24, 2.45) is 5.92 Å². The van der Waals surface area contributed by atoms with E-state index in [2.05, 4.69) is 48.5 Å². The van der Waals surface area contributed by atoms with E-state index in [1.54, 1.807) is 6.92 Å². The van der Waals surface area contributed by atoms with Gasteiger partial charge in [0.2, 0.25) is 0 Å². The second-order valence-electron chi connectivity index (χ2n) is 5.35. The van der Waals surface area contributed by atoms with Crippen molar-refractivity contribution in [2.45, 2.75) is 18.7 Å². The molecule has 21 heavy (non-hydrogen) atoms. The molecule has 1 aliphatic rings. The Balaban J connectivity index is 1.82. The van der Waals surface area contributed by atoms with Crippen molar-refractivity contribution in [2.75, 3.05) is 0 Å². The molecule has 2 heteroatoms. The molecule has 2 aromatic carbocycles. The zero-order valence-electron chi connectivity index (χ0n) is 12.1. The Bertz CT molecular complexity index is 658. The van der Waals surface area contributed by atoms with Gasteiger partial charge in [0.25, 0.3) is 0 Å². The standard InChI is InChI=1S/C19H18OSe/c1-14(20)17-12-18(16-10-6-3-7-11-16)19(17)21-13-15-8-4-2-5-9-15/h2-11,17H,12-13H2,1H3. The Morgan fingerprint density at radius 2 is 1.67 bits per heavy atom. The topological polar surface area (TPSA) is 17.1 Å². The average Bonchev–Trinajstić information content (AvgIpc) is 2.48. The van der Waals surface area contributed by atoms with Crippen LogP contribution in [0.15, 0.2) is 65.1 Å². The molecule has 1 nitrogen and oxygen atoms in total. The number of rotatable bonds is 5. The van der Waals surface area contributed by atoms with Crippen molar-refractivity contribution in [3.8, 4) is 0 Å². The van der Waals surface area contributed by atoms with Crippen LogP contribution in [-0.2, 0) is 10.1 Å². The van der Waals surface area contributed by atoms with Gasteiger partial charge in [0.1, 0.15) is 0 Å². The molecule has 0 saturated carbocycles. The first kappa shape index (κ1) is 14.3. The van der Waals surface area contributed by atoms with Gasteiger partial charge >= 0.3 is 132 Å². The normalized spacial score (nSPS) is 17.5. The van der Waals surface area contributed by atoms with E-state index in [1.165, 1.54) is 21.2 Å². The summed E-state index contributed by atoms with van der Waals surface area (Å²) >= 11 is 0.362. The van der Waals surface area contributed by atoms with Crippen molar-refractivity contribution in [1.82, 2.24) is 0 Å². The summed E-state index contributed by atoms with van der Waals surface area (Å²) in [5.41, 5.74) is 4.07. The molecule has 0 aliphatic heterocycles. The molecule has 1 atom stereocenters. The van der Waals surface area contributed by atoms with Crippen molar-refractivity contribution in [3.05, 3.63) is 76.3 Å². The fourth-order valence-electron chi connectivity index (χ4n) is 2.63. The van der Waals surface area contributed by atoms with E-state index in [1.807, 2.05) is 12.1 Å². The molecule has 0 fully saturated rings. The summed E-state index contributed by atoms with van der Waals surface area (Å²) < 4.78 is 1.41. The Morgan fingerprint density at radius 1 is 1.05 bits per heavy atom. The molecule has 3 rings (SSSR count). The van der Waals surface area contributed by atoms with Crippen LogP contribution in [0.5, 0.6) is 0 Å². The van der Waals surface area contributed by atoms with E-state index in [9.17, 15) is 4.79 Å². The first-order valence-electron chi connectivity index (χ1n) is 7.21. The number of carbonyl (C=O) groups excluding carboxylic acids is 1. The number of Topliss-reactive ketones (excluding diaryl/α,β-unsaturated/α-hetero) is 1. The van der Waals surface area contributed by atoms with E-state index in [4.69, 9.17) is 0 Å². The molecule has 106 valence electrons. The predicted molar refractivity (Wildman–Crippen MR) is 88.1 cm³/mol. The second-order valence-corrected chi connectivity index (χ2v) is 7.48. The van der Waals surface area contributed by atoms with E-state index >= 15 is 0 Å². The van der Waals surface area contributed by atoms with Crippen molar-refractivity contribution in [3.63, 3.8) is 0 Å². The third-order valence-electron chi connectivity index (χ3n) is 3.87. The maximum absolute atomic E-state index is 11.8. The fourth-order valence-corrected chi connectivity index (χ4v) is 5.44. The minimum atomic E-state index is 0.170. The van der Waals surface area contributed by atoms with E-state index < -0.39 is 0 Å². The van der Waals surface area contributed by atoms with Crippen LogP contribution in [0.25, 0.3) is 5.57 Å². The molecule has 2 aromatic rings. The van der Waals surface area contributed by atoms with Gasteiger partial charge in [-0.05, 0) is 0 Å². The Kier molecular flexibility index (Phi) is 4.38. The molecule has 1 aliphatic carbocycles. The molecule has 0 radical (unpaired) electrons. The predicted octanol–water partition coefficient (Wildman–Crippen LogP) is 3.91. The molecular formula is C19H18OSe. The Labute approximate surface area is 132 Å². The van der Waals surface area contributed by atoms with Gasteiger partial charge in [0, 0.05) is 0 Å². The maximum atomic E-state index is 11.8. The van der Waals surface area contributed by atoms with Gasteiger partial charge in [-0.2, -0.15) is 0 Å².